The number of nitrogens with zero attached hydrogens (tertiary/aromatic N) is 8. The van der Waals surface area contributed by atoms with Gasteiger partial charge in [-0.25, -0.2) is 9.97 Å². The number of rotatable bonds is 5. The number of hydrogen-bond acceptors (Lipinski definition) is 9. The van der Waals surface area contributed by atoms with Crippen molar-refractivity contribution in [2.45, 2.75) is 25.1 Å². The molecule has 14 heteroatoms. The van der Waals surface area contributed by atoms with E-state index in [1.165, 1.54) is 12.1 Å². The van der Waals surface area contributed by atoms with Crippen LogP contribution in [0.4, 0.5) is 36.6 Å². The second-order valence-electron chi connectivity index (χ2n) is 9.55. The average Bonchev–Trinajstić information content (AvgIpc) is 3.19. The normalized spacial score (nSPS) is 19.4. The van der Waals surface area contributed by atoms with Crippen LogP contribution >= 0.6 is 0 Å². The number of likely N-dealkylation sites (N-methyl/N-ethyl adjacent to an activating group) is 1. The zero-order valence-corrected chi connectivity index (χ0v) is 20.6. The van der Waals surface area contributed by atoms with Crippen LogP contribution in [0, 0.1) is 10.1 Å². The third-order valence-corrected chi connectivity index (χ3v) is 6.97. The van der Waals surface area contributed by atoms with Crippen LogP contribution < -0.4 is 15.1 Å². The Bertz CT molecular complexity index is 1300. The van der Waals surface area contributed by atoms with Crippen molar-refractivity contribution in [3.8, 4) is 0 Å². The molecule has 37 heavy (non-hydrogen) atoms. The first kappa shape index (κ1) is 25.0. The standard InChI is InChI=1S/C23H28F3N9O2/c1-31-8-10-33(11-9-31)20-17(23(24,25)26)13-27-21(30-20)28-15-4-3-7-34(14-15)22-29-18-12-16(35(36)37)5-6-19(18)32(22)2/h5-6,12-13,15H,3-4,7-11,14H2,1-2H3,(H,27,28,30). The molecule has 2 aromatic heterocycles. The van der Waals surface area contributed by atoms with Crippen molar-refractivity contribution in [2.75, 3.05) is 61.4 Å². The summed E-state index contributed by atoms with van der Waals surface area (Å²) < 4.78 is 43.0. The molecule has 0 amide bonds. The predicted molar refractivity (Wildman–Crippen MR) is 133 cm³/mol. The number of aryl methyl sites for hydroxylation is 1. The summed E-state index contributed by atoms with van der Waals surface area (Å²) in [5.41, 5.74) is 0.454. The van der Waals surface area contributed by atoms with Crippen molar-refractivity contribution in [3.63, 3.8) is 0 Å². The van der Waals surface area contributed by atoms with Gasteiger partial charge in [-0.3, -0.25) is 10.1 Å². The fourth-order valence-corrected chi connectivity index (χ4v) is 4.93. The first-order chi connectivity index (χ1) is 17.6. The molecule has 0 radical (unpaired) electrons. The van der Waals surface area contributed by atoms with Gasteiger partial charge in [-0.2, -0.15) is 18.2 Å². The molecule has 0 spiro atoms. The summed E-state index contributed by atoms with van der Waals surface area (Å²) in [7, 11) is 3.80. The molecule has 11 nitrogen and oxygen atoms in total. The Labute approximate surface area is 211 Å². The van der Waals surface area contributed by atoms with E-state index in [0.717, 1.165) is 31.1 Å². The summed E-state index contributed by atoms with van der Waals surface area (Å²) >= 11 is 0. The highest BCUT2D eigenvalue weighted by atomic mass is 19.4. The number of nitrogens with one attached hydrogen (secondary N) is 1. The molecular formula is C23H28F3N9O2. The van der Waals surface area contributed by atoms with Crippen molar-refractivity contribution in [3.05, 3.63) is 40.1 Å². The molecular weight excluding hydrogens is 491 g/mol. The molecule has 198 valence electrons. The van der Waals surface area contributed by atoms with Crippen molar-refractivity contribution in [1.29, 1.82) is 0 Å². The second-order valence-corrected chi connectivity index (χ2v) is 9.55. The summed E-state index contributed by atoms with van der Waals surface area (Å²) in [6.45, 7) is 3.49. The SMILES string of the molecule is CN1CCN(c2nc(NC3CCCN(c4nc5cc([N+](=O)[O-])ccc5n4C)C3)ncc2C(F)(F)F)CC1. The molecule has 1 aromatic carbocycles. The van der Waals surface area contributed by atoms with Gasteiger partial charge in [0.1, 0.15) is 11.4 Å². The van der Waals surface area contributed by atoms with Crippen LogP contribution in [-0.2, 0) is 13.2 Å². The van der Waals surface area contributed by atoms with Crippen LogP contribution in [0.5, 0.6) is 0 Å². The van der Waals surface area contributed by atoms with E-state index in [1.54, 1.807) is 11.0 Å². The molecule has 2 fully saturated rings. The van der Waals surface area contributed by atoms with E-state index in [2.05, 4.69) is 30.1 Å². The van der Waals surface area contributed by atoms with Gasteiger partial charge in [0, 0.05) is 70.7 Å². The number of halogens is 3. The molecule has 3 aromatic rings. The van der Waals surface area contributed by atoms with Gasteiger partial charge >= 0.3 is 6.18 Å². The Morgan fingerprint density at radius 3 is 2.54 bits per heavy atom. The Kier molecular flexibility index (Phi) is 6.52. The number of piperazine rings is 1. The highest BCUT2D eigenvalue weighted by Gasteiger charge is 2.37. The van der Waals surface area contributed by atoms with Gasteiger partial charge in [-0.1, -0.05) is 0 Å². The minimum absolute atomic E-state index is 0.0223. The van der Waals surface area contributed by atoms with Crippen LogP contribution in [-0.4, -0.2) is 81.7 Å². The number of anilines is 3. The van der Waals surface area contributed by atoms with Crippen molar-refractivity contribution in [1.82, 2.24) is 24.4 Å². The maximum atomic E-state index is 13.7. The molecule has 4 heterocycles. The predicted octanol–water partition coefficient (Wildman–Crippen LogP) is 3.12. The molecule has 5 rings (SSSR count). The van der Waals surface area contributed by atoms with E-state index in [0.29, 0.717) is 44.2 Å². The fourth-order valence-electron chi connectivity index (χ4n) is 4.93. The molecule has 1 unspecified atom stereocenters. The van der Waals surface area contributed by atoms with E-state index >= 15 is 0 Å². The summed E-state index contributed by atoms with van der Waals surface area (Å²) in [4.78, 5) is 29.5. The third-order valence-electron chi connectivity index (χ3n) is 6.97. The number of nitro groups is 1. The number of aromatic nitrogens is 4. The van der Waals surface area contributed by atoms with Gasteiger partial charge in [0.25, 0.3) is 5.69 Å². The number of imidazole rings is 1. The highest BCUT2D eigenvalue weighted by Crippen LogP contribution is 2.36. The van der Waals surface area contributed by atoms with Crippen LogP contribution in [0.15, 0.2) is 24.4 Å². The van der Waals surface area contributed by atoms with Crippen molar-refractivity contribution < 1.29 is 18.1 Å². The van der Waals surface area contributed by atoms with E-state index in [4.69, 9.17) is 0 Å². The van der Waals surface area contributed by atoms with Gasteiger partial charge in [-0.05, 0) is 26.0 Å². The Hall–Kier alpha value is -3.68. The minimum atomic E-state index is -4.55. The first-order valence-corrected chi connectivity index (χ1v) is 12.1. The lowest BCUT2D eigenvalue weighted by Crippen LogP contribution is -2.46. The summed E-state index contributed by atoms with van der Waals surface area (Å²) in [5, 5.41) is 14.4. The quantitative estimate of drug-likeness (QED) is 0.402. The number of benzene rings is 1. The van der Waals surface area contributed by atoms with E-state index in [-0.39, 0.29) is 23.5 Å². The average molecular weight is 520 g/mol. The van der Waals surface area contributed by atoms with E-state index < -0.39 is 16.7 Å². The van der Waals surface area contributed by atoms with E-state index in [9.17, 15) is 23.3 Å². The number of alkyl halides is 3. The molecule has 2 aliphatic heterocycles. The number of nitro benzene ring substituents is 1. The fraction of sp³-hybridized carbons (Fsp3) is 0.522. The molecule has 1 N–H and O–H groups in total. The monoisotopic (exact) mass is 519 g/mol. The Balaban J connectivity index is 1.36. The maximum absolute atomic E-state index is 13.7. The number of piperidine rings is 1. The summed E-state index contributed by atoms with van der Waals surface area (Å²) in [5.74, 6) is 0.741. The van der Waals surface area contributed by atoms with Gasteiger partial charge in [0.2, 0.25) is 11.9 Å². The zero-order chi connectivity index (χ0) is 26.3. The molecule has 0 saturated carbocycles. The van der Waals surface area contributed by atoms with Crippen LogP contribution in [0.2, 0.25) is 0 Å². The lowest BCUT2D eigenvalue weighted by molar-refractivity contribution is -0.384. The highest BCUT2D eigenvalue weighted by molar-refractivity contribution is 5.81. The van der Waals surface area contributed by atoms with Crippen LogP contribution in [0.25, 0.3) is 11.0 Å². The largest absolute Gasteiger partial charge is 0.421 e. The van der Waals surface area contributed by atoms with Gasteiger partial charge in [-0.15, -0.1) is 0 Å². The lowest BCUT2D eigenvalue weighted by Gasteiger charge is -2.35. The number of hydrogen-bond donors (Lipinski definition) is 1. The Morgan fingerprint density at radius 2 is 1.84 bits per heavy atom. The minimum Gasteiger partial charge on any atom is -0.353 e. The summed E-state index contributed by atoms with van der Waals surface area (Å²) in [6, 6.07) is 4.47. The molecule has 0 aliphatic carbocycles. The molecule has 1 atom stereocenters. The Morgan fingerprint density at radius 1 is 1.08 bits per heavy atom. The van der Waals surface area contributed by atoms with Crippen molar-refractivity contribution in [2.24, 2.45) is 7.05 Å². The first-order valence-electron chi connectivity index (χ1n) is 12.1. The number of non-ortho nitro benzene ring substituents is 1. The smallest absolute Gasteiger partial charge is 0.353 e. The number of fused-ring (bicyclic) bond motifs is 1. The summed E-state index contributed by atoms with van der Waals surface area (Å²) in [6.07, 6.45) is -2.07. The lowest BCUT2D eigenvalue weighted by atomic mass is 10.1. The van der Waals surface area contributed by atoms with Gasteiger partial charge in [0.05, 0.1) is 16.0 Å². The van der Waals surface area contributed by atoms with Crippen LogP contribution in [0.1, 0.15) is 18.4 Å². The topological polar surface area (TPSA) is 108 Å². The molecule has 2 saturated heterocycles. The zero-order valence-electron chi connectivity index (χ0n) is 20.6. The molecule has 2 aliphatic rings. The van der Waals surface area contributed by atoms with Crippen LogP contribution in [0.3, 0.4) is 0 Å². The maximum Gasteiger partial charge on any atom is 0.421 e. The third kappa shape index (κ3) is 5.10. The van der Waals surface area contributed by atoms with E-state index in [1.807, 2.05) is 18.7 Å². The second kappa shape index (κ2) is 9.65. The van der Waals surface area contributed by atoms with Gasteiger partial charge in [0.15, 0.2) is 0 Å². The van der Waals surface area contributed by atoms with Crippen molar-refractivity contribution >= 4 is 34.4 Å². The van der Waals surface area contributed by atoms with Gasteiger partial charge < -0.3 is 24.6 Å². The molecule has 0 bridgehead atoms.